The molecule has 0 saturated heterocycles. The fourth-order valence-corrected chi connectivity index (χ4v) is 1.52. The van der Waals surface area contributed by atoms with Crippen LogP contribution in [0.4, 0.5) is 14.5 Å². The summed E-state index contributed by atoms with van der Waals surface area (Å²) in [4.78, 5) is 15.1. The third-order valence-corrected chi connectivity index (χ3v) is 2.45. The van der Waals surface area contributed by atoms with E-state index in [4.69, 9.17) is 0 Å². The summed E-state index contributed by atoms with van der Waals surface area (Å²) in [6, 6.07) is 6.81. The van der Waals surface area contributed by atoms with Crippen molar-refractivity contribution in [1.82, 2.24) is 4.98 Å². The number of nitrogens with zero attached hydrogens (tertiary/aromatic N) is 1. The second kappa shape index (κ2) is 4.91. The van der Waals surface area contributed by atoms with Crippen molar-refractivity contribution in [2.75, 3.05) is 5.32 Å². The lowest BCUT2D eigenvalue weighted by molar-refractivity contribution is 0.102. The molecule has 3 nitrogen and oxygen atoms in total. The van der Waals surface area contributed by atoms with E-state index in [1.54, 1.807) is 19.1 Å². The number of rotatable bonds is 2. The average Bonchev–Trinajstić information content (AvgIpc) is 2.34. The summed E-state index contributed by atoms with van der Waals surface area (Å²) in [6.07, 6.45) is 1.18. The largest absolute Gasteiger partial charge is 0.319 e. The van der Waals surface area contributed by atoms with E-state index in [2.05, 4.69) is 10.3 Å². The van der Waals surface area contributed by atoms with E-state index in [0.29, 0.717) is 5.56 Å². The summed E-state index contributed by atoms with van der Waals surface area (Å²) in [7, 11) is 0. The summed E-state index contributed by atoms with van der Waals surface area (Å²) >= 11 is 0. The van der Waals surface area contributed by atoms with Crippen LogP contribution in [-0.4, -0.2) is 10.9 Å². The third kappa shape index (κ3) is 2.51. The van der Waals surface area contributed by atoms with Crippen LogP contribution in [0.5, 0.6) is 0 Å². The zero-order valence-corrected chi connectivity index (χ0v) is 9.58. The molecule has 0 fully saturated rings. The second-order valence-electron chi connectivity index (χ2n) is 3.75. The monoisotopic (exact) mass is 248 g/mol. The van der Waals surface area contributed by atoms with Gasteiger partial charge < -0.3 is 5.32 Å². The van der Waals surface area contributed by atoms with Gasteiger partial charge in [0, 0.05) is 17.8 Å². The van der Waals surface area contributed by atoms with Crippen LogP contribution >= 0.6 is 0 Å². The highest BCUT2D eigenvalue weighted by Crippen LogP contribution is 2.19. The van der Waals surface area contributed by atoms with E-state index in [1.165, 1.54) is 18.3 Å². The lowest BCUT2D eigenvalue weighted by Crippen LogP contribution is -2.14. The molecule has 1 aromatic carbocycles. The summed E-state index contributed by atoms with van der Waals surface area (Å²) in [5.74, 6) is -1.87. The molecule has 0 aliphatic rings. The van der Waals surface area contributed by atoms with Gasteiger partial charge in [0.1, 0.15) is 5.82 Å². The Morgan fingerprint density at radius 2 is 2.06 bits per heavy atom. The molecule has 0 aliphatic heterocycles. The van der Waals surface area contributed by atoms with Gasteiger partial charge in [-0.25, -0.2) is 9.37 Å². The smallest absolute Gasteiger partial charge is 0.255 e. The van der Waals surface area contributed by atoms with Crippen LogP contribution in [0.25, 0.3) is 0 Å². The lowest BCUT2D eigenvalue weighted by atomic mass is 10.1. The molecule has 0 unspecified atom stereocenters. The predicted octanol–water partition coefficient (Wildman–Crippen LogP) is 2.92. The number of pyridine rings is 1. The van der Waals surface area contributed by atoms with Gasteiger partial charge in [-0.1, -0.05) is 12.1 Å². The van der Waals surface area contributed by atoms with Crippen molar-refractivity contribution in [3.05, 3.63) is 59.4 Å². The van der Waals surface area contributed by atoms with Gasteiger partial charge in [0.15, 0.2) is 0 Å². The summed E-state index contributed by atoms with van der Waals surface area (Å²) < 4.78 is 26.4. The Balaban J connectivity index is 2.27. The Morgan fingerprint density at radius 3 is 2.72 bits per heavy atom. The summed E-state index contributed by atoms with van der Waals surface area (Å²) in [5, 5.41) is 2.41. The Morgan fingerprint density at radius 1 is 1.28 bits per heavy atom. The van der Waals surface area contributed by atoms with Crippen LogP contribution in [0.2, 0.25) is 0 Å². The van der Waals surface area contributed by atoms with E-state index in [-0.39, 0.29) is 11.3 Å². The molecule has 2 rings (SSSR count). The third-order valence-electron chi connectivity index (χ3n) is 2.45. The second-order valence-corrected chi connectivity index (χ2v) is 3.75. The number of aromatic nitrogens is 1. The Kier molecular flexibility index (Phi) is 3.32. The molecule has 0 aliphatic carbocycles. The van der Waals surface area contributed by atoms with Crippen LogP contribution in [0.1, 0.15) is 15.9 Å². The van der Waals surface area contributed by atoms with Gasteiger partial charge >= 0.3 is 0 Å². The number of carbonyl (C=O) groups excluding carboxylic acids is 1. The molecule has 18 heavy (non-hydrogen) atoms. The van der Waals surface area contributed by atoms with E-state index in [9.17, 15) is 13.6 Å². The normalized spacial score (nSPS) is 10.2. The van der Waals surface area contributed by atoms with Gasteiger partial charge in [-0.05, 0) is 24.6 Å². The quantitative estimate of drug-likeness (QED) is 0.830. The molecule has 0 atom stereocenters. The fourth-order valence-electron chi connectivity index (χ4n) is 1.52. The number of hydrogen-bond acceptors (Lipinski definition) is 2. The van der Waals surface area contributed by atoms with E-state index >= 15 is 0 Å². The first-order chi connectivity index (χ1) is 8.58. The minimum atomic E-state index is -0.757. The number of carbonyl (C=O) groups is 1. The molecule has 1 heterocycles. The minimum absolute atomic E-state index is 0.0881. The lowest BCUT2D eigenvalue weighted by Gasteiger charge is -2.09. The Labute approximate surface area is 102 Å². The highest BCUT2D eigenvalue weighted by Gasteiger charge is 2.11. The molecule has 1 N–H and O–H groups in total. The summed E-state index contributed by atoms with van der Waals surface area (Å²) in [6.45, 7) is 1.67. The number of amides is 1. The van der Waals surface area contributed by atoms with Crippen molar-refractivity contribution >= 4 is 11.6 Å². The average molecular weight is 248 g/mol. The number of para-hydroxylation sites is 1. The molecule has 2 aromatic rings. The first-order valence-electron chi connectivity index (χ1n) is 5.26. The maximum atomic E-state index is 13.5. The van der Waals surface area contributed by atoms with Crippen LogP contribution in [0, 0.1) is 18.7 Å². The molecular formula is C13H10F2N2O. The van der Waals surface area contributed by atoms with E-state index in [0.717, 1.165) is 6.07 Å². The molecule has 0 saturated carbocycles. The van der Waals surface area contributed by atoms with Gasteiger partial charge in [0.25, 0.3) is 5.91 Å². The number of halogens is 2. The maximum Gasteiger partial charge on any atom is 0.255 e. The first-order valence-corrected chi connectivity index (χ1v) is 5.26. The van der Waals surface area contributed by atoms with Crippen molar-refractivity contribution in [3.8, 4) is 0 Å². The molecule has 1 amide bonds. The van der Waals surface area contributed by atoms with Crippen molar-refractivity contribution in [2.24, 2.45) is 0 Å². The minimum Gasteiger partial charge on any atom is -0.319 e. The first kappa shape index (κ1) is 12.2. The molecule has 0 radical (unpaired) electrons. The standard InChI is InChI=1S/C13H10F2N2O/c1-8-3-2-4-10(14)12(8)17-13(18)9-5-6-16-11(15)7-9/h2-7H,1H3,(H,17,18). The zero-order valence-electron chi connectivity index (χ0n) is 9.58. The van der Waals surface area contributed by atoms with E-state index in [1.807, 2.05) is 0 Å². The summed E-state index contributed by atoms with van der Waals surface area (Å²) in [5.41, 5.74) is 0.780. The predicted molar refractivity (Wildman–Crippen MR) is 63.3 cm³/mol. The highest BCUT2D eigenvalue weighted by atomic mass is 19.1. The van der Waals surface area contributed by atoms with Crippen molar-refractivity contribution in [1.29, 1.82) is 0 Å². The number of aryl methyl sites for hydroxylation is 1. The van der Waals surface area contributed by atoms with Gasteiger partial charge in [-0.2, -0.15) is 4.39 Å². The Bertz CT molecular complexity index is 579. The number of anilines is 1. The fraction of sp³-hybridized carbons (Fsp3) is 0.0769. The molecule has 0 spiro atoms. The SMILES string of the molecule is Cc1cccc(F)c1NC(=O)c1ccnc(F)c1. The zero-order chi connectivity index (χ0) is 13.1. The van der Waals surface area contributed by atoms with Crippen LogP contribution in [0.15, 0.2) is 36.5 Å². The Hall–Kier alpha value is -2.30. The van der Waals surface area contributed by atoms with Crippen molar-refractivity contribution in [3.63, 3.8) is 0 Å². The highest BCUT2D eigenvalue weighted by molar-refractivity contribution is 6.04. The topological polar surface area (TPSA) is 42.0 Å². The molecule has 92 valence electrons. The van der Waals surface area contributed by atoms with Gasteiger partial charge in [-0.3, -0.25) is 4.79 Å². The maximum absolute atomic E-state index is 13.5. The number of nitrogens with one attached hydrogen (secondary N) is 1. The molecule has 1 aromatic heterocycles. The number of hydrogen-bond donors (Lipinski definition) is 1. The van der Waals surface area contributed by atoms with Crippen LogP contribution < -0.4 is 5.32 Å². The van der Waals surface area contributed by atoms with Crippen molar-refractivity contribution in [2.45, 2.75) is 6.92 Å². The van der Waals surface area contributed by atoms with Gasteiger partial charge in [-0.15, -0.1) is 0 Å². The van der Waals surface area contributed by atoms with Crippen LogP contribution in [0.3, 0.4) is 0 Å². The van der Waals surface area contributed by atoms with Gasteiger partial charge in [0.05, 0.1) is 5.69 Å². The van der Waals surface area contributed by atoms with Gasteiger partial charge in [0.2, 0.25) is 5.95 Å². The van der Waals surface area contributed by atoms with Crippen molar-refractivity contribution < 1.29 is 13.6 Å². The molecule has 5 heteroatoms. The number of benzene rings is 1. The van der Waals surface area contributed by atoms with E-state index < -0.39 is 17.7 Å². The van der Waals surface area contributed by atoms with Crippen LogP contribution in [-0.2, 0) is 0 Å². The molecule has 0 bridgehead atoms. The molecular weight excluding hydrogens is 238 g/mol.